The van der Waals surface area contributed by atoms with Crippen molar-refractivity contribution in [1.29, 1.82) is 0 Å². The van der Waals surface area contributed by atoms with E-state index in [-0.39, 0.29) is 0 Å². The van der Waals surface area contributed by atoms with Crippen molar-refractivity contribution in [1.82, 2.24) is 0 Å². The third-order valence-corrected chi connectivity index (χ3v) is 2.81. The number of hydrogen-bond donors (Lipinski definition) is 0. The second-order valence-electron chi connectivity index (χ2n) is 2.86. The first-order chi connectivity index (χ1) is 5.75. The second kappa shape index (κ2) is 2.79. The Balaban J connectivity index is 2.43. The van der Waals surface area contributed by atoms with Crippen molar-refractivity contribution in [2.24, 2.45) is 0 Å². The molecular weight excluding hydrogens is 168 g/mol. The predicted octanol–water partition coefficient (Wildman–Crippen LogP) is 3.62. The average Bonchev–Trinajstić information content (AvgIpc) is 2.58. The molecule has 2 heteroatoms. The van der Waals surface area contributed by atoms with Crippen LogP contribution in [0.3, 0.4) is 0 Å². The van der Waals surface area contributed by atoms with Gasteiger partial charge in [-0.1, -0.05) is 0 Å². The van der Waals surface area contributed by atoms with Gasteiger partial charge in [0, 0.05) is 15.3 Å². The van der Waals surface area contributed by atoms with Crippen LogP contribution in [0.25, 0.3) is 10.4 Å². The molecule has 0 aliphatic carbocycles. The molecule has 12 heavy (non-hydrogen) atoms. The van der Waals surface area contributed by atoms with Crippen molar-refractivity contribution in [3.8, 4) is 10.4 Å². The highest BCUT2D eigenvalue weighted by Gasteiger charge is 2.02. The van der Waals surface area contributed by atoms with Crippen molar-refractivity contribution in [3.05, 3.63) is 35.1 Å². The maximum Gasteiger partial charge on any atom is 0.101 e. The van der Waals surface area contributed by atoms with E-state index in [0.717, 1.165) is 5.76 Å². The monoisotopic (exact) mass is 178 g/mol. The zero-order valence-corrected chi connectivity index (χ0v) is 7.94. The number of rotatable bonds is 1. The number of thiophene rings is 1. The minimum Gasteiger partial charge on any atom is -0.469 e. The number of furan rings is 1. The number of hydrogen-bond acceptors (Lipinski definition) is 2. The highest BCUT2D eigenvalue weighted by atomic mass is 32.1. The van der Waals surface area contributed by atoms with Crippen LogP contribution in [0.2, 0.25) is 0 Å². The summed E-state index contributed by atoms with van der Waals surface area (Å²) in [6, 6.07) is 6.32. The lowest BCUT2D eigenvalue weighted by Crippen LogP contribution is -1.60. The van der Waals surface area contributed by atoms with E-state index >= 15 is 0 Å². The quantitative estimate of drug-likeness (QED) is 0.650. The molecule has 0 saturated heterocycles. The van der Waals surface area contributed by atoms with E-state index in [2.05, 4.69) is 25.1 Å². The van der Waals surface area contributed by atoms with Crippen LogP contribution in [-0.2, 0) is 0 Å². The molecule has 0 spiro atoms. The molecule has 2 heterocycles. The minimum atomic E-state index is 0.969. The Hall–Kier alpha value is -1.02. The summed E-state index contributed by atoms with van der Waals surface area (Å²) in [5.74, 6) is 0.969. The normalized spacial score (nSPS) is 10.5. The molecule has 0 bridgehead atoms. The van der Waals surface area contributed by atoms with E-state index in [9.17, 15) is 0 Å². The van der Waals surface area contributed by atoms with Crippen LogP contribution in [-0.4, -0.2) is 0 Å². The fraction of sp³-hybridized carbons (Fsp3) is 0.200. The molecule has 0 unspecified atom stereocenters. The first-order valence-corrected chi connectivity index (χ1v) is 4.69. The van der Waals surface area contributed by atoms with Gasteiger partial charge in [-0.15, -0.1) is 11.3 Å². The Morgan fingerprint density at radius 2 is 2.08 bits per heavy atom. The first kappa shape index (κ1) is 7.62. The molecule has 0 N–H and O–H groups in total. The summed E-state index contributed by atoms with van der Waals surface area (Å²) in [5.41, 5.74) is 1.19. The summed E-state index contributed by atoms with van der Waals surface area (Å²) in [5, 5.41) is 0. The van der Waals surface area contributed by atoms with Gasteiger partial charge in [0.2, 0.25) is 0 Å². The average molecular weight is 178 g/mol. The zero-order chi connectivity index (χ0) is 8.55. The molecule has 0 aliphatic heterocycles. The maximum atomic E-state index is 5.23. The lowest BCUT2D eigenvalue weighted by Gasteiger charge is -1.85. The van der Waals surface area contributed by atoms with Gasteiger partial charge in [-0.05, 0) is 32.0 Å². The van der Waals surface area contributed by atoms with Crippen molar-refractivity contribution in [2.45, 2.75) is 13.8 Å². The van der Waals surface area contributed by atoms with Crippen LogP contribution >= 0.6 is 11.3 Å². The van der Waals surface area contributed by atoms with Gasteiger partial charge in [-0.2, -0.15) is 0 Å². The zero-order valence-electron chi connectivity index (χ0n) is 7.13. The lowest BCUT2D eigenvalue weighted by molar-refractivity contribution is 0.535. The second-order valence-corrected chi connectivity index (χ2v) is 4.14. The van der Waals surface area contributed by atoms with Gasteiger partial charge in [-0.25, -0.2) is 0 Å². The van der Waals surface area contributed by atoms with Gasteiger partial charge in [0.1, 0.15) is 5.76 Å². The Bertz CT molecular complexity index is 346. The van der Waals surface area contributed by atoms with Crippen LogP contribution < -0.4 is 0 Å². The standard InChI is InChI=1S/C10H10OS/c1-7-5-9(6-11-7)10-4-3-8(2)12-10/h3-6H,1-2H3. The molecule has 2 aromatic rings. The Morgan fingerprint density at radius 3 is 2.58 bits per heavy atom. The third kappa shape index (κ3) is 1.30. The van der Waals surface area contributed by atoms with Crippen LogP contribution in [0, 0.1) is 13.8 Å². The van der Waals surface area contributed by atoms with Crippen molar-refractivity contribution < 1.29 is 4.42 Å². The van der Waals surface area contributed by atoms with E-state index in [1.54, 1.807) is 17.6 Å². The Kier molecular flexibility index (Phi) is 1.77. The van der Waals surface area contributed by atoms with Gasteiger partial charge in [0.25, 0.3) is 0 Å². The largest absolute Gasteiger partial charge is 0.469 e. The summed E-state index contributed by atoms with van der Waals surface area (Å²) in [4.78, 5) is 2.62. The molecule has 0 aliphatic rings. The molecule has 0 amide bonds. The summed E-state index contributed by atoms with van der Waals surface area (Å²) < 4.78 is 5.23. The molecule has 0 saturated carbocycles. The Morgan fingerprint density at radius 1 is 1.25 bits per heavy atom. The molecule has 2 aromatic heterocycles. The maximum absolute atomic E-state index is 5.23. The molecular formula is C10H10OS. The summed E-state index contributed by atoms with van der Waals surface area (Å²) >= 11 is 1.79. The number of aryl methyl sites for hydroxylation is 2. The molecule has 0 radical (unpaired) electrons. The molecule has 0 aromatic carbocycles. The third-order valence-electron chi connectivity index (χ3n) is 1.76. The van der Waals surface area contributed by atoms with Crippen molar-refractivity contribution in [2.75, 3.05) is 0 Å². The molecule has 62 valence electrons. The van der Waals surface area contributed by atoms with Crippen molar-refractivity contribution >= 4 is 11.3 Å². The van der Waals surface area contributed by atoms with Gasteiger partial charge in [0.05, 0.1) is 6.26 Å². The SMILES string of the molecule is Cc1cc(-c2ccc(C)s2)co1. The van der Waals surface area contributed by atoms with E-state index in [1.807, 2.05) is 6.92 Å². The van der Waals surface area contributed by atoms with Crippen LogP contribution in [0.5, 0.6) is 0 Å². The fourth-order valence-electron chi connectivity index (χ4n) is 1.16. The summed E-state index contributed by atoms with van der Waals surface area (Å²) in [6.45, 7) is 4.07. The van der Waals surface area contributed by atoms with Crippen LogP contribution in [0.1, 0.15) is 10.6 Å². The van der Waals surface area contributed by atoms with Gasteiger partial charge in [0.15, 0.2) is 0 Å². The summed E-state index contributed by atoms with van der Waals surface area (Å²) in [6.07, 6.45) is 1.81. The van der Waals surface area contributed by atoms with Crippen LogP contribution in [0.15, 0.2) is 28.9 Å². The smallest absolute Gasteiger partial charge is 0.101 e. The lowest BCUT2D eigenvalue weighted by atomic mass is 10.2. The first-order valence-electron chi connectivity index (χ1n) is 3.87. The molecule has 1 nitrogen and oxygen atoms in total. The minimum absolute atomic E-state index is 0.969. The van der Waals surface area contributed by atoms with Crippen molar-refractivity contribution in [3.63, 3.8) is 0 Å². The highest BCUT2D eigenvalue weighted by molar-refractivity contribution is 7.15. The Labute approximate surface area is 75.7 Å². The van der Waals surface area contributed by atoms with Gasteiger partial charge < -0.3 is 4.42 Å². The van der Waals surface area contributed by atoms with E-state index in [0.29, 0.717) is 0 Å². The van der Waals surface area contributed by atoms with E-state index in [1.165, 1.54) is 15.3 Å². The highest BCUT2D eigenvalue weighted by Crippen LogP contribution is 2.28. The van der Waals surface area contributed by atoms with E-state index < -0.39 is 0 Å². The topological polar surface area (TPSA) is 13.1 Å². The fourth-order valence-corrected chi connectivity index (χ4v) is 2.01. The van der Waals surface area contributed by atoms with Crippen LogP contribution in [0.4, 0.5) is 0 Å². The van der Waals surface area contributed by atoms with E-state index in [4.69, 9.17) is 4.42 Å². The predicted molar refractivity (Wildman–Crippen MR) is 51.5 cm³/mol. The summed E-state index contributed by atoms with van der Waals surface area (Å²) in [7, 11) is 0. The van der Waals surface area contributed by atoms with Gasteiger partial charge >= 0.3 is 0 Å². The van der Waals surface area contributed by atoms with Gasteiger partial charge in [-0.3, -0.25) is 0 Å². The molecule has 0 fully saturated rings. The molecule has 2 rings (SSSR count). The molecule has 0 atom stereocenters.